The molecule has 0 spiro atoms. The highest BCUT2D eigenvalue weighted by atomic mass is 16.4. The molecule has 138 valence electrons. The number of carbonyl (C=O) groups is 1. The lowest BCUT2D eigenvalue weighted by atomic mass is 10.0. The summed E-state index contributed by atoms with van der Waals surface area (Å²) in [5, 5.41) is 19.6. The van der Waals surface area contributed by atoms with Crippen molar-refractivity contribution in [2.24, 2.45) is 16.0 Å². The molecule has 0 fully saturated rings. The van der Waals surface area contributed by atoms with Gasteiger partial charge in [0.2, 0.25) is 0 Å². The zero-order valence-electron chi connectivity index (χ0n) is 15.1. The van der Waals surface area contributed by atoms with Gasteiger partial charge in [-0.3, -0.25) is 5.43 Å². The number of aromatic carboxylic acids is 1. The molecule has 0 aromatic heterocycles. The second kappa shape index (κ2) is 10.5. The molecule has 26 heavy (non-hydrogen) atoms. The van der Waals surface area contributed by atoms with Crippen LogP contribution < -0.4 is 16.6 Å². The van der Waals surface area contributed by atoms with Crippen LogP contribution >= 0.6 is 0 Å². The summed E-state index contributed by atoms with van der Waals surface area (Å²) in [4.78, 5) is 10.9. The summed E-state index contributed by atoms with van der Waals surface area (Å²) in [7, 11) is 1.79. The van der Waals surface area contributed by atoms with Crippen LogP contribution in [0.4, 0.5) is 0 Å². The van der Waals surface area contributed by atoms with Crippen molar-refractivity contribution in [2.75, 3.05) is 7.05 Å². The molecule has 0 heterocycles. The Morgan fingerprint density at radius 3 is 2.46 bits per heavy atom. The predicted molar refractivity (Wildman–Crippen MR) is 106 cm³/mol. The third-order valence-corrected chi connectivity index (χ3v) is 3.75. The molecule has 1 aromatic carbocycles. The second-order valence-electron chi connectivity index (χ2n) is 5.41. The van der Waals surface area contributed by atoms with Crippen molar-refractivity contribution in [3.05, 3.63) is 71.1 Å². The Labute approximate surface area is 153 Å². The Morgan fingerprint density at radius 2 is 2.00 bits per heavy atom. The Morgan fingerprint density at radius 1 is 1.35 bits per heavy atom. The van der Waals surface area contributed by atoms with Crippen molar-refractivity contribution < 1.29 is 9.90 Å². The van der Waals surface area contributed by atoms with Crippen LogP contribution in [0.3, 0.4) is 0 Å². The van der Waals surface area contributed by atoms with E-state index < -0.39 is 5.97 Å². The molecule has 1 rings (SSSR count). The average molecular weight is 355 g/mol. The molecule has 7 nitrogen and oxygen atoms in total. The number of nitrogens with one attached hydrogen (secondary N) is 2. The maximum absolute atomic E-state index is 10.9. The highest BCUT2D eigenvalue weighted by molar-refractivity contribution is 6.01. The average Bonchev–Trinajstić information content (AvgIpc) is 2.65. The maximum Gasteiger partial charge on any atom is 0.335 e. The van der Waals surface area contributed by atoms with Gasteiger partial charge < -0.3 is 16.3 Å². The van der Waals surface area contributed by atoms with Crippen LogP contribution in [-0.2, 0) is 6.42 Å². The summed E-state index contributed by atoms with van der Waals surface area (Å²) in [6.45, 7) is 9.10. The van der Waals surface area contributed by atoms with E-state index >= 15 is 0 Å². The Bertz CT molecular complexity index is 746. The standard InChI is InChI=1S/C19H25N5O2/c1-5-6-17(23-20)18(21-3)13(2)16(24-22-4)12-9-14-7-10-15(11-8-14)19(25)26/h5,7-8,10-12,21,24H,1,4,6,9,20H2,2-3H3,(H,25,26)/b16-12+,18-13-,23-17+. The number of allylic oxidation sites excluding steroid dienone is 4. The molecule has 5 N–H and O–H groups in total. The van der Waals surface area contributed by atoms with Crippen molar-refractivity contribution in [3.8, 4) is 0 Å². The van der Waals surface area contributed by atoms with E-state index in [0.717, 1.165) is 22.5 Å². The number of carboxylic acids is 1. The van der Waals surface area contributed by atoms with Gasteiger partial charge in [0, 0.05) is 20.2 Å². The van der Waals surface area contributed by atoms with E-state index in [4.69, 9.17) is 10.9 Å². The lowest BCUT2D eigenvalue weighted by Crippen LogP contribution is -2.22. The first kappa shape index (κ1) is 20.7. The summed E-state index contributed by atoms with van der Waals surface area (Å²) < 4.78 is 0. The topological polar surface area (TPSA) is 112 Å². The number of nitrogens with zero attached hydrogens (tertiary/aromatic N) is 2. The number of benzene rings is 1. The Balaban J connectivity index is 3.17. The van der Waals surface area contributed by atoms with Crippen LogP contribution in [0, 0.1) is 0 Å². The number of rotatable bonds is 10. The molecule has 0 amide bonds. The van der Waals surface area contributed by atoms with Crippen molar-refractivity contribution in [3.63, 3.8) is 0 Å². The molecule has 0 atom stereocenters. The zero-order valence-corrected chi connectivity index (χ0v) is 15.1. The summed E-state index contributed by atoms with van der Waals surface area (Å²) >= 11 is 0. The summed E-state index contributed by atoms with van der Waals surface area (Å²) in [5.41, 5.74) is 7.16. The first-order valence-corrected chi connectivity index (χ1v) is 7.99. The minimum absolute atomic E-state index is 0.255. The fourth-order valence-electron chi connectivity index (χ4n) is 2.41. The first-order valence-electron chi connectivity index (χ1n) is 7.99. The summed E-state index contributed by atoms with van der Waals surface area (Å²) in [6, 6.07) is 6.72. The molecule has 0 saturated heterocycles. The van der Waals surface area contributed by atoms with Gasteiger partial charge in [0.15, 0.2) is 0 Å². The molecule has 0 aliphatic heterocycles. The normalized spacial score (nSPS) is 12.8. The number of nitrogens with two attached hydrogens (primary N) is 1. The first-order chi connectivity index (χ1) is 12.5. The van der Waals surface area contributed by atoms with Gasteiger partial charge in [0.05, 0.1) is 22.7 Å². The lowest BCUT2D eigenvalue weighted by molar-refractivity contribution is 0.0697. The molecule has 0 unspecified atom stereocenters. The minimum atomic E-state index is -0.946. The monoisotopic (exact) mass is 355 g/mol. The highest BCUT2D eigenvalue weighted by Crippen LogP contribution is 2.15. The third-order valence-electron chi connectivity index (χ3n) is 3.75. The quantitative estimate of drug-likeness (QED) is 0.169. The van der Waals surface area contributed by atoms with Gasteiger partial charge in [-0.1, -0.05) is 24.3 Å². The van der Waals surface area contributed by atoms with Crippen molar-refractivity contribution in [2.45, 2.75) is 19.8 Å². The fourth-order valence-corrected chi connectivity index (χ4v) is 2.41. The van der Waals surface area contributed by atoms with E-state index in [-0.39, 0.29) is 5.56 Å². The molecule has 0 radical (unpaired) electrons. The maximum atomic E-state index is 10.9. The van der Waals surface area contributed by atoms with E-state index in [0.29, 0.717) is 18.6 Å². The molecule has 0 aliphatic carbocycles. The SMILES string of the molecule is C=CCC(=N\N)/C(NC)=C(C)/C(=C\Cc1ccc(C(=O)O)cc1)NN=C. The van der Waals surface area contributed by atoms with Gasteiger partial charge in [-0.25, -0.2) is 4.79 Å². The van der Waals surface area contributed by atoms with Crippen LogP contribution in [0.1, 0.15) is 29.3 Å². The Kier molecular flexibility index (Phi) is 8.36. The van der Waals surface area contributed by atoms with Gasteiger partial charge >= 0.3 is 5.97 Å². The van der Waals surface area contributed by atoms with Gasteiger partial charge in [-0.15, -0.1) is 6.58 Å². The van der Waals surface area contributed by atoms with Gasteiger partial charge in [-0.05, 0) is 36.6 Å². The Hall–Kier alpha value is -3.35. The number of hydrogen-bond donors (Lipinski definition) is 4. The largest absolute Gasteiger partial charge is 0.478 e. The smallest absolute Gasteiger partial charge is 0.335 e. The zero-order chi connectivity index (χ0) is 19.5. The van der Waals surface area contributed by atoms with Crippen molar-refractivity contribution >= 4 is 18.4 Å². The number of carboxylic acid groups (broad SMARTS) is 1. The molecular formula is C19H25N5O2. The molecule has 0 bridgehead atoms. The summed E-state index contributed by atoms with van der Waals surface area (Å²) in [6.07, 6.45) is 4.78. The van der Waals surface area contributed by atoms with Crippen molar-refractivity contribution in [1.82, 2.24) is 10.7 Å². The van der Waals surface area contributed by atoms with Gasteiger partial charge in [0.1, 0.15) is 0 Å². The molecule has 0 saturated carbocycles. The lowest BCUT2D eigenvalue weighted by Gasteiger charge is -2.15. The van der Waals surface area contributed by atoms with Gasteiger partial charge in [-0.2, -0.15) is 10.2 Å². The van der Waals surface area contributed by atoms with E-state index in [1.165, 1.54) is 0 Å². The van der Waals surface area contributed by atoms with Crippen LogP contribution in [0.25, 0.3) is 0 Å². The number of hydrazone groups is 2. The molecular weight excluding hydrogens is 330 g/mol. The van der Waals surface area contributed by atoms with Crippen LogP contribution in [0.2, 0.25) is 0 Å². The van der Waals surface area contributed by atoms with E-state index in [9.17, 15) is 4.79 Å². The number of hydrogen-bond acceptors (Lipinski definition) is 6. The van der Waals surface area contributed by atoms with Gasteiger partial charge in [0.25, 0.3) is 0 Å². The summed E-state index contributed by atoms with van der Waals surface area (Å²) in [5.74, 6) is 4.55. The van der Waals surface area contributed by atoms with Crippen molar-refractivity contribution in [1.29, 1.82) is 0 Å². The molecule has 7 heteroatoms. The second-order valence-corrected chi connectivity index (χ2v) is 5.41. The minimum Gasteiger partial charge on any atom is -0.478 e. The van der Waals surface area contributed by atoms with E-state index in [2.05, 4.69) is 34.2 Å². The molecule has 1 aromatic rings. The molecule has 0 aliphatic rings. The third kappa shape index (κ3) is 5.62. The van der Waals surface area contributed by atoms with Crippen LogP contribution in [0.5, 0.6) is 0 Å². The fraction of sp³-hybridized carbons (Fsp3) is 0.211. The predicted octanol–water partition coefficient (Wildman–Crippen LogP) is 2.40. The van der Waals surface area contributed by atoms with Crippen LogP contribution in [0.15, 0.2) is 70.2 Å². The van der Waals surface area contributed by atoms with Crippen LogP contribution in [-0.4, -0.2) is 30.6 Å². The van der Waals surface area contributed by atoms with E-state index in [1.807, 2.05) is 13.0 Å². The van der Waals surface area contributed by atoms with E-state index in [1.54, 1.807) is 37.4 Å². The highest BCUT2D eigenvalue weighted by Gasteiger charge is 2.11.